The van der Waals surface area contributed by atoms with Gasteiger partial charge < -0.3 is 28.5 Å². The number of hydrogen-bond acceptors (Lipinski definition) is 7. The maximum absolute atomic E-state index is 12.8. The van der Waals surface area contributed by atoms with E-state index in [-0.39, 0.29) is 32.2 Å². The number of nitrogens with zero attached hydrogens (tertiary/aromatic N) is 1. The molecule has 336 valence electrons. The van der Waals surface area contributed by atoms with Crippen LogP contribution in [0.3, 0.4) is 0 Å². The Hall–Kier alpha value is -1.97. The highest BCUT2D eigenvalue weighted by Crippen LogP contribution is 2.16. The largest absolute Gasteiger partial charge is 0.477 e. The maximum atomic E-state index is 12.8. The number of aliphatic carboxylic acids is 1. The Morgan fingerprint density at radius 3 is 1.30 bits per heavy atom. The summed E-state index contributed by atoms with van der Waals surface area (Å²) in [6.07, 6.45) is 39.8. The Morgan fingerprint density at radius 1 is 0.509 bits per heavy atom. The fourth-order valence-electron chi connectivity index (χ4n) is 6.77. The Morgan fingerprint density at radius 2 is 0.895 bits per heavy atom. The van der Waals surface area contributed by atoms with Crippen molar-refractivity contribution in [1.29, 1.82) is 0 Å². The molecule has 0 saturated carbocycles. The van der Waals surface area contributed by atoms with E-state index in [1.165, 1.54) is 135 Å². The van der Waals surface area contributed by atoms with Crippen molar-refractivity contribution in [2.24, 2.45) is 0 Å². The lowest BCUT2D eigenvalue weighted by molar-refractivity contribution is -0.870. The van der Waals surface area contributed by atoms with Gasteiger partial charge in [-0.15, -0.1) is 0 Å². The van der Waals surface area contributed by atoms with Crippen molar-refractivity contribution in [3.8, 4) is 0 Å². The number of ether oxygens (including phenoxy) is 4. The number of carbonyl (C=O) groups excluding carboxylic acids is 2. The van der Waals surface area contributed by atoms with Crippen LogP contribution in [0.5, 0.6) is 0 Å². The summed E-state index contributed by atoms with van der Waals surface area (Å²) >= 11 is 0. The summed E-state index contributed by atoms with van der Waals surface area (Å²) in [4.78, 5) is 37.1. The molecule has 0 aliphatic carbocycles. The second-order valence-corrected chi connectivity index (χ2v) is 17.4. The number of quaternary nitrogens is 1. The lowest BCUT2D eigenvalue weighted by Gasteiger charge is -2.25. The molecule has 0 amide bonds. The Bertz CT molecular complexity index is 949. The molecular formula is C48H92NO8+. The molecule has 0 radical (unpaired) electrons. The minimum absolute atomic E-state index is 0.179. The van der Waals surface area contributed by atoms with Crippen molar-refractivity contribution in [3.05, 3.63) is 12.2 Å². The van der Waals surface area contributed by atoms with Crippen molar-refractivity contribution < 1.29 is 42.9 Å². The topological polar surface area (TPSA) is 108 Å². The number of carboxylic acid groups (broad SMARTS) is 1. The van der Waals surface area contributed by atoms with Crippen LogP contribution in [0.25, 0.3) is 0 Å². The van der Waals surface area contributed by atoms with Gasteiger partial charge in [0.25, 0.3) is 6.29 Å². The van der Waals surface area contributed by atoms with Crippen LogP contribution >= 0.6 is 0 Å². The van der Waals surface area contributed by atoms with Crippen molar-refractivity contribution in [2.45, 2.75) is 232 Å². The summed E-state index contributed by atoms with van der Waals surface area (Å²) in [7, 11) is 5.96. The second-order valence-electron chi connectivity index (χ2n) is 17.4. The van der Waals surface area contributed by atoms with E-state index in [0.717, 1.165) is 51.4 Å². The molecule has 57 heavy (non-hydrogen) atoms. The monoisotopic (exact) mass is 811 g/mol. The van der Waals surface area contributed by atoms with E-state index in [2.05, 4.69) is 26.0 Å². The van der Waals surface area contributed by atoms with Gasteiger partial charge in [-0.3, -0.25) is 9.59 Å². The summed E-state index contributed by atoms with van der Waals surface area (Å²) in [5.41, 5.74) is 0. The fraction of sp³-hybridized carbons (Fsp3) is 0.896. The molecule has 9 nitrogen and oxygen atoms in total. The Labute approximate surface area is 351 Å². The molecule has 0 heterocycles. The van der Waals surface area contributed by atoms with Crippen LogP contribution in [0.15, 0.2) is 12.2 Å². The van der Waals surface area contributed by atoms with E-state index in [1.54, 1.807) is 0 Å². The molecule has 0 fully saturated rings. The van der Waals surface area contributed by atoms with E-state index >= 15 is 0 Å². The van der Waals surface area contributed by atoms with Crippen molar-refractivity contribution in [3.63, 3.8) is 0 Å². The molecule has 0 saturated heterocycles. The third-order valence-corrected chi connectivity index (χ3v) is 10.5. The third kappa shape index (κ3) is 42.0. The van der Waals surface area contributed by atoms with Gasteiger partial charge in [0, 0.05) is 12.8 Å². The van der Waals surface area contributed by atoms with Crippen molar-refractivity contribution >= 4 is 17.9 Å². The molecule has 0 aliphatic heterocycles. The van der Waals surface area contributed by atoms with Gasteiger partial charge in [0.1, 0.15) is 13.2 Å². The molecule has 2 atom stereocenters. The number of likely N-dealkylation sites (N-methyl/N-ethyl adjacent to an activating group) is 1. The van der Waals surface area contributed by atoms with Gasteiger partial charge in [0.15, 0.2) is 6.10 Å². The molecule has 1 N–H and O–H groups in total. The van der Waals surface area contributed by atoms with Crippen LogP contribution in [-0.4, -0.2) is 87.4 Å². The summed E-state index contributed by atoms with van der Waals surface area (Å²) in [6, 6.07) is 0. The van der Waals surface area contributed by atoms with Crippen LogP contribution in [0.2, 0.25) is 0 Å². The molecule has 9 heteroatoms. The van der Waals surface area contributed by atoms with Crippen molar-refractivity contribution in [2.75, 3.05) is 47.5 Å². The summed E-state index contributed by atoms with van der Waals surface area (Å²) < 4.78 is 22.8. The molecule has 0 aromatic rings. The normalized spacial score (nSPS) is 12.9. The van der Waals surface area contributed by atoms with Gasteiger partial charge in [-0.2, -0.15) is 0 Å². The number of hydrogen-bond donors (Lipinski definition) is 1. The Kier molecular flexibility index (Phi) is 39.4. The van der Waals surface area contributed by atoms with Gasteiger partial charge in [0.2, 0.25) is 0 Å². The Balaban J connectivity index is 4.38. The van der Waals surface area contributed by atoms with Gasteiger partial charge in [-0.25, -0.2) is 4.79 Å². The first-order valence-corrected chi connectivity index (χ1v) is 23.9. The number of carboxylic acids is 1. The summed E-state index contributed by atoms with van der Waals surface area (Å²) in [6.45, 7) is 4.88. The van der Waals surface area contributed by atoms with Crippen LogP contribution in [-0.2, 0) is 33.3 Å². The zero-order valence-corrected chi connectivity index (χ0v) is 38.0. The molecular weight excluding hydrogens is 719 g/mol. The number of allylic oxidation sites excluding steroid dienone is 2. The van der Waals surface area contributed by atoms with E-state index in [9.17, 15) is 19.5 Å². The predicted octanol–water partition coefficient (Wildman–Crippen LogP) is 12.7. The highest BCUT2D eigenvalue weighted by Gasteiger charge is 2.25. The zero-order valence-electron chi connectivity index (χ0n) is 38.0. The first kappa shape index (κ1) is 55.0. The van der Waals surface area contributed by atoms with Gasteiger partial charge >= 0.3 is 17.9 Å². The quantitative estimate of drug-likeness (QED) is 0.0213. The standard InChI is InChI=1S/C48H91NO8/c1-6-8-10-12-14-16-18-20-22-23-25-26-28-30-32-34-36-38-45(50)55-42-44(43-56-48(47(52)53)54-41-40-49(3,4)5)57-46(51)39-37-35-33-31-29-27-24-21-19-17-15-13-11-9-7-2/h21,24,44,48H,6-20,22-23,25-43H2,1-5H3/p+1/b24-21-. The summed E-state index contributed by atoms with van der Waals surface area (Å²) in [5, 5.41) is 9.64. The van der Waals surface area contributed by atoms with Crippen LogP contribution in [0.4, 0.5) is 0 Å². The van der Waals surface area contributed by atoms with Gasteiger partial charge in [-0.1, -0.05) is 180 Å². The average Bonchev–Trinajstić information content (AvgIpc) is 3.17. The molecule has 0 aromatic heterocycles. The van der Waals surface area contributed by atoms with Crippen molar-refractivity contribution in [1.82, 2.24) is 0 Å². The molecule has 0 bridgehead atoms. The molecule has 0 aromatic carbocycles. The predicted molar refractivity (Wildman–Crippen MR) is 235 cm³/mol. The summed E-state index contributed by atoms with van der Waals surface area (Å²) in [5.74, 6) is -2.00. The first-order chi connectivity index (χ1) is 27.6. The van der Waals surface area contributed by atoms with E-state index in [0.29, 0.717) is 23.9 Å². The van der Waals surface area contributed by atoms with E-state index in [4.69, 9.17) is 18.9 Å². The van der Waals surface area contributed by atoms with E-state index < -0.39 is 24.3 Å². The zero-order chi connectivity index (χ0) is 42.1. The second kappa shape index (κ2) is 40.8. The molecule has 2 unspecified atom stereocenters. The number of carbonyl (C=O) groups is 3. The fourth-order valence-corrected chi connectivity index (χ4v) is 6.77. The van der Waals surface area contributed by atoms with E-state index in [1.807, 2.05) is 21.1 Å². The number of unbranched alkanes of at least 4 members (excludes halogenated alkanes) is 27. The maximum Gasteiger partial charge on any atom is 0.361 e. The minimum atomic E-state index is -1.51. The highest BCUT2D eigenvalue weighted by molar-refractivity contribution is 5.71. The lowest BCUT2D eigenvalue weighted by atomic mass is 10.0. The first-order valence-electron chi connectivity index (χ1n) is 23.9. The third-order valence-electron chi connectivity index (χ3n) is 10.5. The van der Waals surface area contributed by atoms with Gasteiger partial charge in [0.05, 0.1) is 34.4 Å². The smallest absolute Gasteiger partial charge is 0.361 e. The number of rotatable bonds is 44. The molecule has 0 aliphatic rings. The molecule has 0 rings (SSSR count). The highest BCUT2D eigenvalue weighted by atomic mass is 16.7. The van der Waals surface area contributed by atoms with Crippen LogP contribution in [0.1, 0.15) is 219 Å². The van der Waals surface area contributed by atoms with Gasteiger partial charge in [-0.05, 0) is 38.5 Å². The minimum Gasteiger partial charge on any atom is -0.477 e. The van der Waals surface area contributed by atoms with Crippen LogP contribution in [0, 0.1) is 0 Å². The number of esters is 2. The molecule has 0 spiro atoms. The SMILES string of the molecule is CCCCCCCC/C=C\CCCCCCCC(=O)OC(COC(=O)CCCCCCCCCCCCCCCCCCC)COC(OCC[N+](C)(C)C)C(=O)O. The average molecular weight is 811 g/mol. The lowest BCUT2D eigenvalue weighted by Crippen LogP contribution is -2.40. The van der Waals surface area contributed by atoms with Crippen LogP contribution < -0.4 is 0 Å².